The number of amides is 3. The summed E-state index contributed by atoms with van der Waals surface area (Å²) in [6.07, 6.45) is 0.530. The van der Waals surface area contributed by atoms with Gasteiger partial charge < -0.3 is 21.1 Å². The molecule has 0 heterocycles. The van der Waals surface area contributed by atoms with E-state index >= 15 is 0 Å². The fraction of sp³-hybridized carbons (Fsp3) is 0.750. The number of carboxylic acid groups (broad SMARTS) is 1. The van der Waals surface area contributed by atoms with Crippen molar-refractivity contribution in [1.82, 2.24) is 16.0 Å². The predicted octanol–water partition coefficient (Wildman–Crippen LogP) is 0.311. The standard InChI is InChI=1S/C12H23N3O4/c1-4-13-10(16)5-6-14-12(19)15-9(11(17)18)7-8(2)3/h8-9H,4-7H2,1-3H3,(H,13,16)(H,17,18)(H2,14,15,19). The zero-order valence-corrected chi connectivity index (χ0v) is 11.7. The zero-order chi connectivity index (χ0) is 14.8. The average molecular weight is 273 g/mol. The highest BCUT2D eigenvalue weighted by Gasteiger charge is 2.20. The number of nitrogens with one attached hydrogen (secondary N) is 3. The van der Waals surface area contributed by atoms with Gasteiger partial charge in [0.15, 0.2) is 0 Å². The van der Waals surface area contributed by atoms with E-state index in [2.05, 4.69) is 16.0 Å². The second-order valence-corrected chi connectivity index (χ2v) is 4.62. The molecule has 0 saturated carbocycles. The van der Waals surface area contributed by atoms with Gasteiger partial charge in [-0.3, -0.25) is 4.79 Å². The van der Waals surface area contributed by atoms with Crippen LogP contribution in [0.25, 0.3) is 0 Å². The van der Waals surface area contributed by atoms with E-state index in [1.54, 1.807) is 6.92 Å². The molecule has 0 aliphatic carbocycles. The Kier molecular flexibility index (Phi) is 8.32. The summed E-state index contributed by atoms with van der Waals surface area (Å²) >= 11 is 0. The second-order valence-electron chi connectivity index (χ2n) is 4.62. The largest absolute Gasteiger partial charge is 0.480 e. The van der Waals surface area contributed by atoms with Crippen molar-refractivity contribution < 1.29 is 19.5 Å². The highest BCUT2D eigenvalue weighted by atomic mass is 16.4. The van der Waals surface area contributed by atoms with Crippen LogP contribution in [0.1, 0.15) is 33.6 Å². The molecule has 1 atom stereocenters. The lowest BCUT2D eigenvalue weighted by Crippen LogP contribution is -2.47. The van der Waals surface area contributed by atoms with Crippen LogP contribution < -0.4 is 16.0 Å². The van der Waals surface area contributed by atoms with Crippen LogP contribution in [0.15, 0.2) is 0 Å². The van der Waals surface area contributed by atoms with E-state index in [0.29, 0.717) is 13.0 Å². The molecule has 0 radical (unpaired) electrons. The lowest BCUT2D eigenvalue weighted by molar-refractivity contribution is -0.139. The van der Waals surface area contributed by atoms with E-state index in [1.165, 1.54) is 0 Å². The van der Waals surface area contributed by atoms with Crippen molar-refractivity contribution in [3.05, 3.63) is 0 Å². The van der Waals surface area contributed by atoms with Crippen LogP contribution in [0.2, 0.25) is 0 Å². The van der Waals surface area contributed by atoms with E-state index in [1.807, 2.05) is 13.8 Å². The maximum absolute atomic E-state index is 11.5. The summed E-state index contributed by atoms with van der Waals surface area (Å²) in [6, 6.07) is -1.48. The molecule has 0 bridgehead atoms. The Morgan fingerprint density at radius 1 is 1.16 bits per heavy atom. The van der Waals surface area contributed by atoms with Gasteiger partial charge in [0.1, 0.15) is 6.04 Å². The number of carboxylic acids is 1. The minimum atomic E-state index is -1.06. The molecule has 0 fully saturated rings. The molecule has 0 saturated heterocycles. The molecule has 19 heavy (non-hydrogen) atoms. The number of rotatable bonds is 8. The quantitative estimate of drug-likeness (QED) is 0.510. The summed E-state index contributed by atoms with van der Waals surface area (Å²) < 4.78 is 0. The average Bonchev–Trinajstić information content (AvgIpc) is 2.27. The van der Waals surface area contributed by atoms with Gasteiger partial charge in [0.25, 0.3) is 0 Å². The van der Waals surface area contributed by atoms with Crippen LogP contribution in [0.3, 0.4) is 0 Å². The van der Waals surface area contributed by atoms with E-state index < -0.39 is 18.0 Å². The van der Waals surface area contributed by atoms with Gasteiger partial charge in [-0.1, -0.05) is 13.8 Å². The third-order valence-electron chi connectivity index (χ3n) is 2.32. The molecule has 1 unspecified atom stereocenters. The van der Waals surface area contributed by atoms with Crippen molar-refractivity contribution in [3.63, 3.8) is 0 Å². The summed E-state index contributed by atoms with van der Waals surface area (Å²) in [5.41, 5.74) is 0. The van der Waals surface area contributed by atoms with Gasteiger partial charge in [0.05, 0.1) is 0 Å². The minimum absolute atomic E-state index is 0.153. The molecule has 0 aromatic heterocycles. The molecule has 3 amide bonds. The fourth-order valence-corrected chi connectivity index (χ4v) is 1.48. The summed E-state index contributed by atoms with van der Waals surface area (Å²) in [5, 5.41) is 16.4. The first kappa shape index (κ1) is 17.2. The van der Waals surface area contributed by atoms with Crippen molar-refractivity contribution in [2.45, 2.75) is 39.7 Å². The van der Waals surface area contributed by atoms with Gasteiger partial charge in [-0.2, -0.15) is 0 Å². The molecule has 7 heteroatoms. The molecular formula is C12H23N3O4. The van der Waals surface area contributed by atoms with Crippen molar-refractivity contribution in [1.29, 1.82) is 0 Å². The molecule has 0 aliphatic rings. The van der Waals surface area contributed by atoms with E-state index in [4.69, 9.17) is 5.11 Å². The molecule has 110 valence electrons. The van der Waals surface area contributed by atoms with Crippen LogP contribution in [0.4, 0.5) is 4.79 Å². The Hall–Kier alpha value is -1.79. The highest BCUT2D eigenvalue weighted by Crippen LogP contribution is 2.04. The molecule has 0 rings (SSSR count). The van der Waals surface area contributed by atoms with Gasteiger partial charge in [0, 0.05) is 19.5 Å². The first-order chi connectivity index (χ1) is 8.86. The van der Waals surface area contributed by atoms with Crippen molar-refractivity contribution in [2.75, 3.05) is 13.1 Å². The Balaban J connectivity index is 4.00. The molecule has 0 aliphatic heterocycles. The Bertz CT molecular complexity index is 318. The van der Waals surface area contributed by atoms with Gasteiger partial charge in [-0.15, -0.1) is 0 Å². The Morgan fingerprint density at radius 2 is 1.79 bits per heavy atom. The van der Waals surface area contributed by atoms with Crippen LogP contribution in [0.5, 0.6) is 0 Å². The monoisotopic (exact) mass is 273 g/mol. The first-order valence-electron chi connectivity index (χ1n) is 6.40. The van der Waals surface area contributed by atoms with Gasteiger partial charge in [0.2, 0.25) is 5.91 Å². The second kappa shape index (κ2) is 9.18. The van der Waals surface area contributed by atoms with Crippen molar-refractivity contribution in [2.24, 2.45) is 5.92 Å². The van der Waals surface area contributed by atoms with Gasteiger partial charge in [-0.25, -0.2) is 9.59 Å². The number of carbonyl (C=O) groups excluding carboxylic acids is 2. The number of aliphatic carboxylic acids is 1. The van der Waals surface area contributed by atoms with E-state index in [0.717, 1.165) is 0 Å². The molecule has 7 nitrogen and oxygen atoms in total. The van der Waals surface area contributed by atoms with Crippen LogP contribution in [-0.4, -0.2) is 42.1 Å². The molecule has 0 spiro atoms. The topological polar surface area (TPSA) is 108 Å². The van der Waals surface area contributed by atoms with Gasteiger partial charge in [-0.05, 0) is 19.3 Å². The van der Waals surface area contributed by atoms with Gasteiger partial charge >= 0.3 is 12.0 Å². The van der Waals surface area contributed by atoms with E-state index in [-0.39, 0.29) is 24.8 Å². The summed E-state index contributed by atoms with van der Waals surface area (Å²) in [7, 11) is 0. The van der Waals surface area contributed by atoms with Crippen LogP contribution in [-0.2, 0) is 9.59 Å². The lowest BCUT2D eigenvalue weighted by Gasteiger charge is -2.16. The SMILES string of the molecule is CCNC(=O)CCNC(=O)NC(CC(C)C)C(=O)O. The van der Waals surface area contributed by atoms with Crippen molar-refractivity contribution in [3.8, 4) is 0 Å². The smallest absolute Gasteiger partial charge is 0.326 e. The van der Waals surface area contributed by atoms with Crippen LogP contribution >= 0.6 is 0 Å². The van der Waals surface area contributed by atoms with Crippen molar-refractivity contribution >= 4 is 17.9 Å². The molecule has 4 N–H and O–H groups in total. The summed E-state index contributed by atoms with van der Waals surface area (Å²) in [5.74, 6) is -1.05. The molecular weight excluding hydrogens is 250 g/mol. The Morgan fingerprint density at radius 3 is 2.26 bits per heavy atom. The Labute approximate surface area is 113 Å². The first-order valence-corrected chi connectivity index (χ1v) is 6.40. The molecule has 0 aromatic rings. The lowest BCUT2D eigenvalue weighted by atomic mass is 10.0. The summed E-state index contributed by atoms with van der Waals surface area (Å²) in [6.45, 7) is 6.28. The fourth-order valence-electron chi connectivity index (χ4n) is 1.48. The normalized spacial score (nSPS) is 11.8. The molecule has 0 aromatic carbocycles. The van der Waals surface area contributed by atoms with Crippen LogP contribution in [0, 0.1) is 5.92 Å². The maximum Gasteiger partial charge on any atom is 0.326 e. The number of urea groups is 1. The third kappa shape index (κ3) is 8.87. The zero-order valence-electron chi connectivity index (χ0n) is 11.7. The number of hydrogen-bond acceptors (Lipinski definition) is 3. The number of carbonyl (C=O) groups is 3. The number of hydrogen-bond donors (Lipinski definition) is 4. The highest BCUT2D eigenvalue weighted by molar-refractivity contribution is 5.83. The summed E-state index contributed by atoms with van der Waals surface area (Å²) in [4.78, 5) is 33.5. The van der Waals surface area contributed by atoms with E-state index in [9.17, 15) is 14.4 Å². The maximum atomic E-state index is 11.5. The minimum Gasteiger partial charge on any atom is -0.480 e. The third-order valence-corrected chi connectivity index (χ3v) is 2.32. The predicted molar refractivity (Wildman–Crippen MR) is 70.7 cm³/mol.